The molecule has 1 aromatic rings. The zero-order valence-electron chi connectivity index (χ0n) is 12.6. The van der Waals surface area contributed by atoms with Crippen LogP contribution in [0.3, 0.4) is 0 Å². The summed E-state index contributed by atoms with van der Waals surface area (Å²) in [5.41, 5.74) is 0.978. The lowest BCUT2D eigenvalue weighted by Gasteiger charge is -2.30. The van der Waals surface area contributed by atoms with Gasteiger partial charge in [0.2, 0.25) is 5.88 Å². The predicted octanol–water partition coefficient (Wildman–Crippen LogP) is 3.52. The normalized spacial score (nSPS) is 11.4. The summed E-state index contributed by atoms with van der Waals surface area (Å²) in [6.07, 6.45) is 6.01. The Bertz CT molecular complexity index is 386. The zero-order chi connectivity index (χ0) is 14.3. The van der Waals surface area contributed by atoms with Crippen molar-refractivity contribution >= 4 is 17.6 Å². The van der Waals surface area contributed by atoms with Crippen LogP contribution in [0.5, 0.6) is 5.88 Å². The number of rotatable bonds is 8. The highest BCUT2D eigenvalue weighted by molar-refractivity contribution is 8.00. The van der Waals surface area contributed by atoms with Gasteiger partial charge >= 0.3 is 0 Å². The van der Waals surface area contributed by atoms with Crippen LogP contribution in [0.4, 0.5) is 5.82 Å². The van der Waals surface area contributed by atoms with Crippen molar-refractivity contribution in [3.8, 4) is 5.88 Å². The molecule has 0 radical (unpaired) electrons. The quantitative estimate of drug-likeness (QED) is 0.791. The summed E-state index contributed by atoms with van der Waals surface area (Å²) < 4.78 is 5.76. The highest BCUT2D eigenvalue weighted by Gasteiger charge is 2.25. The van der Waals surface area contributed by atoms with Crippen LogP contribution in [0.25, 0.3) is 0 Å². The predicted molar refractivity (Wildman–Crippen MR) is 83.3 cm³/mol. The van der Waals surface area contributed by atoms with E-state index in [4.69, 9.17) is 4.74 Å². The largest absolute Gasteiger partial charge is 0.478 e. The Balaban J connectivity index is 2.80. The number of hydrogen-bond acceptors (Lipinski definition) is 5. The van der Waals surface area contributed by atoms with Gasteiger partial charge in [-0.15, -0.1) is 0 Å². The monoisotopic (exact) mass is 283 g/mol. The number of hydrogen-bond donors (Lipinski definition) is 1. The molecule has 4 nitrogen and oxygen atoms in total. The molecule has 19 heavy (non-hydrogen) atoms. The smallest absolute Gasteiger partial charge is 0.221 e. The van der Waals surface area contributed by atoms with E-state index < -0.39 is 0 Å². The van der Waals surface area contributed by atoms with Crippen molar-refractivity contribution in [2.75, 3.05) is 24.7 Å². The highest BCUT2D eigenvalue weighted by atomic mass is 32.2. The maximum absolute atomic E-state index is 5.49. The fourth-order valence-corrected chi connectivity index (χ4v) is 2.79. The highest BCUT2D eigenvalue weighted by Crippen LogP contribution is 2.31. The molecule has 0 fully saturated rings. The second kappa shape index (κ2) is 7.58. The minimum Gasteiger partial charge on any atom is -0.478 e. The van der Waals surface area contributed by atoms with Crippen LogP contribution in [0.2, 0.25) is 0 Å². The summed E-state index contributed by atoms with van der Waals surface area (Å²) in [4.78, 5) is 8.47. The first-order valence-electron chi connectivity index (χ1n) is 6.85. The first kappa shape index (κ1) is 16.1. The molecule has 0 atom stereocenters. The molecule has 0 saturated heterocycles. The van der Waals surface area contributed by atoms with E-state index in [0.29, 0.717) is 12.5 Å². The lowest BCUT2D eigenvalue weighted by Crippen LogP contribution is -2.32. The summed E-state index contributed by atoms with van der Waals surface area (Å²) in [6, 6.07) is 0. The first-order chi connectivity index (χ1) is 9.12. The molecule has 0 aliphatic carbocycles. The van der Waals surface area contributed by atoms with Crippen molar-refractivity contribution in [3.63, 3.8) is 0 Å². The average molecular weight is 283 g/mol. The summed E-state index contributed by atoms with van der Waals surface area (Å²) in [6.45, 7) is 9.95. The van der Waals surface area contributed by atoms with E-state index >= 15 is 0 Å². The Morgan fingerprint density at radius 2 is 1.95 bits per heavy atom. The molecule has 0 aromatic carbocycles. The van der Waals surface area contributed by atoms with Crippen molar-refractivity contribution in [2.24, 2.45) is 0 Å². The molecular weight excluding hydrogens is 258 g/mol. The van der Waals surface area contributed by atoms with Crippen molar-refractivity contribution in [1.82, 2.24) is 9.97 Å². The third-order valence-corrected chi connectivity index (χ3v) is 5.21. The summed E-state index contributed by atoms with van der Waals surface area (Å²) >= 11 is 1.92. The first-order valence-corrected chi connectivity index (χ1v) is 8.08. The van der Waals surface area contributed by atoms with Gasteiger partial charge in [0.15, 0.2) is 0 Å². The number of nitrogens with one attached hydrogen (secondary N) is 1. The summed E-state index contributed by atoms with van der Waals surface area (Å²) in [5, 5.41) is 3.45. The van der Waals surface area contributed by atoms with Crippen molar-refractivity contribution < 1.29 is 4.74 Å². The second-order valence-corrected chi connectivity index (χ2v) is 5.81. The standard InChI is InChI=1S/C14H25N3OS/c1-6-14(7-2,19-5)9-15-12-11(4)13(18-8-3)17-10-16-12/h10H,6-9H2,1-5H3,(H,15,16,17). The van der Waals surface area contributed by atoms with E-state index in [2.05, 4.69) is 35.4 Å². The van der Waals surface area contributed by atoms with Crippen molar-refractivity contribution in [1.29, 1.82) is 0 Å². The van der Waals surface area contributed by atoms with Gasteiger partial charge in [0.1, 0.15) is 12.1 Å². The lowest BCUT2D eigenvalue weighted by atomic mass is 10.0. The maximum Gasteiger partial charge on any atom is 0.221 e. The molecule has 1 aromatic heterocycles. The molecule has 0 aliphatic rings. The van der Waals surface area contributed by atoms with Crippen LogP contribution in [0.15, 0.2) is 6.33 Å². The van der Waals surface area contributed by atoms with Crippen LogP contribution in [-0.2, 0) is 0 Å². The van der Waals surface area contributed by atoms with E-state index in [9.17, 15) is 0 Å². The van der Waals surface area contributed by atoms with E-state index in [0.717, 1.165) is 30.8 Å². The molecule has 0 spiro atoms. The van der Waals surface area contributed by atoms with Crippen molar-refractivity contribution in [2.45, 2.75) is 45.3 Å². The molecule has 0 amide bonds. The molecule has 0 bridgehead atoms. The molecule has 0 aliphatic heterocycles. The Kier molecular flexibility index (Phi) is 6.42. The minimum atomic E-state index is 0.267. The van der Waals surface area contributed by atoms with Gasteiger partial charge in [-0.1, -0.05) is 13.8 Å². The van der Waals surface area contributed by atoms with E-state index in [1.165, 1.54) is 0 Å². The lowest BCUT2D eigenvalue weighted by molar-refractivity contribution is 0.324. The third-order valence-electron chi connectivity index (χ3n) is 3.62. The third kappa shape index (κ3) is 4.00. The second-order valence-electron chi connectivity index (χ2n) is 4.53. The fraction of sp³-hybridized carbons (Fsp3) is 0.714. The van der Waals surface area contributed by atoms with Crippen molar-refractivity contribution in [3.05, 3.63) is 11.9 Å². The van der Waals surface area contributed by atoms with E-state index in [-0.39, 0.29) is 4.75 Å². The molecule has 1 heterocycles. The van der Waals surface area contributed by atoms with Gasteiger partial charge in [-0.05, 0) is 32.9 Å². The summed E-state index contributed by atoms with van der Waals surface area (Å²) in [7, 11) is 0. The molecular formula is C14H25N3OS. The minimum absolute atomic E-state index is 0.267. The Morgan fingerprint density at radius 3 is 2.47 bits per heavy atom. The molecule has 1 rings (SSSR count). The van der Waals surface area contributed by atoms with Crippen LogP contribution >= 0.6 is 11.8 Å². The average Bonchev–Trinajstić information content (AvgIpc) is 2.45. The number of aromatic nitrogens is 2. The molecule has 108 valence electrons. The number of nitrogens with zero attached hydrogens (tertiary/aromatic N) is 2. The van der Waals surface area contributed by atoms with Gasteiger partial charge in [0.25, 0.3) is 0 Å². The fourth-order valence-electron chi connectivity index (χ4n) is 2.00. The molecule has 1 N–H and O–H groups in total. The Morgan fingerprint density at radius 1 is 1.26 bits per heavy atom. The van der Waals surface area contributed by atoms with Gasteiger partial charge in [-0.3, -0.25) is 0 Å². The van der Waals surface area contributed by atoms with Gasteiger partial charge in [0.05, 0.1) is 12.2 Å². The molecule has 0 unspecified atom stereocenters. The maximum atomic E-state index is 5.49. The van der Waals surface area contributed by atoms with Gasteiger partial charge < -0.3 is 10.1 Å². The SMILES string of the molecule is CCOc1ncnc(NCC(CC)(CC)SC)c1C. The Hall–Kier alpha value is -0.970. The van der Waals surface area contributed by atoms with Crippen LogP contribution in [0.1, 0.15) is 39.2 Å². The number of ether oxygens (including phenoxy) is 1. The summed E-state index contributed by atoms with van der Waals surface area (Å²) in [5.74, 6) is 1.54. The van der Waals surface area contributed by atoms with E-state index in [1.807, 2.05) is 25.6 Å². The molecule has 5 heteroatoms. The van der Waals surface area contributed by atoms with Gasteiger partial charge in [-0.2, -0.15) is 11.8 Å². The topological polar surface area (TPSA) is 47.0 Å². The number of anilines is 1. The van der Waals surface area contributed by atoms with Crippen LogP contribution in [0, 0.1) is 6.92 Å². The van der Waals surface area contributed by atoms with Gasteiger partial charge in [-0.25, -0.2) is 9.97 Å². The van der Waals surface area contributed by atoms with Gasteiger partial charge in [0, 0.05) is 11.3 Å². The molecule has 0 saturated carbocycles. The van der Waals surface area contributed by atoms with Crippen LogP contribution < -0.4 is 10.1 Å². The Labute approximate surface area is 120 Å². The van der Waals surface area contributed by atoms with E-state index in [1.54, 1.807) is 6.33 Å². The number of thioether (sulfide) groups is 1. The zero-order valence-corrected chi connectivity index (χ0v) is 13.4. The van der Waals surface area contributed by atoms with Crippen LogP contribution in [-0.4, -0.2) is 34.1 Å².